The average molecular weight is 509 g/mol. The van der Waals surface area contributed by atoms with Gasteiger partial charge in [0.15, 0.2) is 11.6 Å². The highest BCUT2D eigenvalue weighted by molar-refractivity contribution is 5.56. The van der Waals surface area contributed by atoms with Crippen molar-refractivity contribution in [2.75, 3.05) is 13.2 Å². The Kier molecular flexibility index (Phi) is 12.0. The molecule has 1 aliphatic carbocycles. The van der Waals surface area contributed by atoms with Crippen LogP contribution in [0.15, 0.2) is 36.7 Å². The minimum Gasteiger partial charge on any atom is -0.491 e. The third-order valence-corrected chi connectivity index (χ3v) is 7.93. The molecule has 1 aliphatic heterocycles. The van der Waals surface area contributed by atoms with Gasteiger partial charge in [0, 0.05) is 5.56 Å². The first-order valence-electron chi connectivity index (χ1n) is 15.2. The third kappa shape index (κ3) is 10.3. The summed E-state index contributed by atoms with van der Waals surface area (Å²) in [5, 5.41) is 0. The summed E-state index contributed by atoms with van der Waals surface area (Å²) >= 11 is 0. The second-order valence-electron chi connectivity index (χ2n) is 11.0. The van der Waals surface area contributed by atoms with Crippen molar-refractivity contribution in [3.63, 3.8) is 0 Å². The van der Waals surface area contributed by atoms with Gasteiger partial charge in [-0.2, -0.15) is 0 Å². The molecule has 5 nitrogen and oxygen atoms in total. The zero-order valence-electron chi connectivity index (χ0n) is 23.0. The first-order chi connectivity index (χ1) is 18.3. The topological polar surface area (TPSA) is 56.8 Å². The van der Waals surface area contributed by atoms with Crippen molar-refractivity contribution < 1.29 is 14.2 Å². The lowest BCUT2D eigenvalue weighted by molar-refractivity contribution is 0.259. The third-order valence-electron chi connectivity index (χ3n) is 7.93. The fourth-order valence-electron chi connectivity index (χ4n) is 5.50. The minimum absolute atomic E-state index is 0.253. The first kappa shape index (κ1) is 27.9. The van der Waals surface area contributed by atoms with E-state index in [1.54, 1.807) is 12.4 Å². The van der Waals surface area contributed by atoms with Crippen LogP contribution < -0.4 is 9.47 Å². The summed E-state index contributed by atoms with van der Waals surface area (Å²) < 4.78 is 17.5. The smallest absolute Gasteiger partial charge is 0.159 e. The molecule has 37 heavy (non-hydrogen) atoms. The average Bonchev–Trinajstić information content (AvgIpc) is 3.48. The quantitative estimate of drug-likeness (QED) is 0.140. The SMILES string of the molecule is CCCCCC[C@@H]1O[C@H]1COc1ccc(-c2ncc(OCCCCCCCCC3CCCC3)cn2)cc1. The van der Waals surface area contributed by atoms with Crippen molar-refractivity contribution in [2.24, 2.45) is 5.92 Å². The van der Waals surface area contributed by atoms with Crippen LogP contribution >= 0.6 is 0 Å². The zero-order chi connectivity index (χ0) is 25.5. The van der Waals surface area contributed by atoms with E-state index in [1.807, 2.05) is 24.3 Å². The number of ether oxygens (including phenoxy) is 3. The molecule has 0 spiro atoms. The van der Waals surface area contributed by atoms with Crippen LogP contribution in [0.2, 0.25) is 0 Å². The van der Waals surface area contributed by atoms with E-state index >= 15 is 0 Å². The second-order valence-corrected chi connectivity index (χ2v) is 11.0. The van der Waals surface area contributed by atoms with Gasteiger partial charge in [0.1, 0.15) is 18.5 Å². The first-order valence-corrected chi connectivity index (χ1v) is 15.2. The van der Waals surface area contributed by atoms with Crippen molar-refractivity contribution in [1.82, 2.24) is 9.97 Å². The maximum Gasteiger partial charge on any atom is 0.159 e. The second kappa shape index (κ2) is 16.0. The molecule has 2 aliphatic rings. The number of nitrogens with zero attached hydrogens (tertiary/aromatic N) is 2. The van der Waals surface area contributed by atoms with Gasteiger partial charge in [-0.3, -0.25) is 0 Å². The van der Waals surface area contributed by atoms with Crippen LogP contribution in [-0.4, -0.2) is 35.4 Å². The molecule has 1 saturated carbocycles. The molecular formula is C32H48N2O3. The van der Waals surface area contributed by atoms with E-state index < -0.39 is 0 Å². The highest BCUT2D eigenvalue weighted by Crippen LogP contribution is 2.30. The summed E-state index contributed by atoms with van der Waals surface area (Å²) in [4.78, 5) is 9.00. The van der Waals surface area contributed by atoms with Gasteiger partial charge in [-0.05, 0) is 43.0 Å². The Hall–Kier alpha value is -2.14. The molecule has 0 bridgehead atoms. The van der Waals surface area contributed by atoms with Crippen LogP contribution in [0.1, 0.15) is 110 Å². The van der Waals surface area contributed by atoms with Crippen LogP contribution in [0.25, 0.3) is 11.4 Å². The molecule has 0 N–H and O–H groups in total. The Bertz CT molecular complexity index is 865. The van der Waals surface area contributed by atoms with Crippen LogP contribution in [-0.2, 0) is 4.74 Å². The van der Waals surface area contributed by atoms with Gasteiger partial charge in [0.05, 0.1) is 25.1 Å². The Morgan fingerprint density at radius 2 is 1.41 bits per heavy atom. The summed E-state index contributed by atoms with van der Waals surface area (Å²) in [6.07, 6.45) is 25.7. The molecular weight excluding hydrogens is 460 g/mol. The van der Waals surface area contributed by atoms with Crippen LogP contribution in [0, 0.1) is 5.92 Å². The van der Waals surface area contributed by atoms with Gasteiger partial charge in [-0.15, -0.1) is 0 Å². The molecule has 0 radical (unpaired) electrons. The summed E-state index contributed by atoms with van der Waals surface area (Å²) in [6, 6.07) is 7.98. The summed E-state index contributed by atoms with van der Waals surface area (Å²) in [5.74, 6) is 3.35. The monoisotopic (exact) mass is 508 g/mol. The lowest BCUT2D eigenvalue weighted by Crippen LogP contribution is -2.07. The summed E-state index contributed by atoms with van der Waals surface area (Å²) in [7, 11) is 0. The standard InChI is InChI=1S/C32H48N2O3/c1-2-3-4-10-17-30-31(37-30)25-36-28-20-18-27(19-21-28)32-33-23-29(24-34-32)35-22-13-8-6-5-7-9-14-26-15-11-12-16-26/h18-21,23-24,26,30-31H,2-17,22,25H2,1H3/t30-,31-/m0/s1. The lowest BCUT2D eigenvalue weighted by Gasteiger charge is -2.08. The molecule has 1 aromatic carbocycles. The van der Waals surface area contributed by atoms with Crippen molar-refractivity contribution in [1.29, 1.82) is 0 Å². The molecule has 2 atom stereocenters. The number of epoxide rings is 1. The molecule has 1 aromatic heterocycles. The highest BCUT2D eigenvalue weighted by Gasteiger charge is 2.38. The summed E-state index contributed by atoms with van der Waals surface area (Å²) in [6.45, 7) is 3.61. The van der Waals surface area contributed by atoms with Crippen molar-refractivity contribution in [3.05, 3.63) is 36.7 Å². The zero-order valence-corrected chi connectivity index (χ0v) is 23.0. The molecule has 2 fully saturated rings. The van der Waals surface area contributed by atoms with Gasteiger partial charge in [0.2, 0.25) is 0 Å². The van der Waals surface area contributed by atoms with Gasteiger partial charge in [0.25, 0.3) is 0 Å². The molecule has 1 saturated heterocycles. The van der Waals surface area contributed by atoms with Gasteiger partial charge in [-0.1, -0.05) is 96.8 Å². The van der Waals surface area contributed by atoms with E-state index in [0.29, 0.717) is 18.5 Å². The van der Waals surface area contributed by atoms with E-state index in [2.05, 4.69) is 16.9 Å². The van der Waals surface area contributed by atoms with Crippen molar-refractivity contribution in [3.8, 4) is 22.9 Å². The molecule has 5 heteroatoms. The maximum atomic E-state index is 5.92. The number of aromatic nitrogens is 2. The maximum absolute atomic E-state index is 5.92. The fourth-order valence-corrected chi connectivity index (χ4v) is 5.50. The van der Waals surface area contributed by atoms with E-state index in [0.717, 1.165) is 42.4 Å². The Morgan fingerprint density at radius 3 is 2.16 bits per heavy atom. The van der Waals surface area contributed by atoms with E-state index in [-0.39, 0.29) is 6.10 Å². The molecule has 0 unspecified atom stereocenters. The lowest BCUT2D eigenvalue weighted by atomic mass is 9.99. The number of benzene rings is 1. The Balaban J connectivity index is 1.04. The Labute approximate surface area is 224 Å². The Morgan fingerprint density at radius 1 is 0.730 bits per heavy atom. The van der Waals surface area contributed by atoms with E-state index in [9.17, 15) is 0 Å². The number of unbranched alkanes of at least 4 members (excludes halogenated alkanes) is 8. The van der Waals surface area contributed by atoms with Gasteiger partial charge in [-0.25, -0.2) is 9.97 Å². The fraction of sp³-hybridized carbons (Fsp3) is 0.688. The van der Waals surface area contributed by atoms with E-state index in [4.69, 9.17) is 14.2 Å². The van der Waals surface area contributed by atoms with Gasteiger partial charge >= 0.3 is 0 Å². The normalized spacial score (nSPS) is 19.3. The van der Waals surface area contributed by atoms with E-state index in [1.165, 1.54) is 89.9 Å². The number of hydrogen-bond acceptors (Lipinski definition) is 5. The minimum atomic E-state index is 0.253. The van der Waals surface area contributed by atoms with Crippen LogP contribution in [0.4, 0.5) is 0 Å². The predicted octanol–water partition coefficient (Wildman–Crippen LogP) is 8.56. The highest BCUT2D eigenvalue weighted by atomic mass is 16.6. The van der Waals surface area contributed by atoms with Gasteiger partial charge < -0.3 is 14.2 Å². The number of rotatable bonds is 19. The van der Waals surface area contributed by atoms with Crippen molar-refractivity contribution >= 4 is 0 Å². The molecule has 4 rings (SSSR count). The molecule has 0 amide bonds. The predicted molar refractivity (Wildman–Crippen MR) is 150 cm³/mol. The number of hydrogen-bond donors (Lipinski definition) is 0. The van der Waals surface area contributed by atoms with Crippen molar-refractivity contribution in [2.45, 2.75) is 122 Å². The van der Waals surface area contributed by atoms with Crippen LogP contribution in [0.5, 0.6) is 11.5 Å². The largest absolute Gasteiger partial charge is 0.491 e. The molecule has 2 heterocycles. The summed E-state index contributed by atoms with van der Waals surface area (Å²) in [5.41, 5.74) is 0.975. The molecule has 204 valence electrons. The van der Waals surface area contributed by atoms with Crippen LogP contribution in [0.3, 0.4) is 0 Å². The molecule has 2 aromatic rings.